The fraction of sp³-hybridized carbons (Fsp3) is 0.231. The zero-order valence-corrected chi connectivity index (χ0v) is 12.8. The molecule has 0 amide bonds. The normalized spacial score (nSPS) is 10.3. The van der Waals surface area contributed by atoms with E-state index in [2.05, 4.69) is 25.9 Å². The summed E-state index contributed by atoms with van der Waals surface area (Å²) in [4.78, 5) is 8.42. The molecule has 0 bridgehead atoms. The van der Waals surface area contributed by atoms with Crippen LogP contribution in [0.5, 0.6) is 11.5 Å². The van der Waals surface area contributed by atoms with Crippen molar-refractivity contribution in [3.63, 3.8) is 0 Å². The molecule has 1 aromatic heterocycles. The van der Waals surface area contributed by atoms with Gasteiger partial charge in [0.1, 0.15) is 11.0 Å². The second kappa shape index (κ2) is 6.21. The molecule has 0 fully saturated rings. The van der Waals surface area contributed by atoms with Crippen LogP contribution in [-0.4, -0.2) is 24.2 Å². The largest absolute Gasteiger partial charge is 0.493 e. The quantitative estimate of drug-likeness (QED) is 0.797. The van der Waals surface area contributed by atoms with E-state index in [0.29, 0.717) is 33.4 Å². The van der Waals surface area contributed by atoms with Gasteiger partial charge in [0.05, 0.1) is 18.7 Å². The van der Waals surface area contributed by atoms with Crippen molar-refractivity contribution >= 4 is 27.5 Å². The molecule has 0 saturated heterocycles. The van der Waals surface area contributed by atoms with Crippen molar-refractivity contribution in [2.75, 3.05) is 14.2 Å². The first-order chi connectivity index (χ1) is 9.13. The fourth-order valence-corrected chi connectivity index (χ4v) is 1.98. The van der Waals surface area contributed by atoms with Crippen LogP contribution in [0.1, 0.15) is 11.4 Å². The maximum atomic E-state index is 5.94. The number of ether oxygens (including phenoxy) is 2. The molecular formula is C13H12BrClN2O2. The monoisotopic (exact) mass is 342 g/mol. The third-order valence-electron chi connectivity index (χ3n) is 2.56. The van der Waals surface area contributed by atoms with Crippen molar-refractivity contribution in [3.8, 4) is 11.5 Å². The molecule has 2 aromatic rings. The van der Waals surface area contributed by atoms with Crippen LogP contribution in [0.25, 0.3) is 0 Å². The molecule has 1 aromatic carbocycles. The fourth-order valence-electron chi connectivity index (χ4n) is 1.64. The molecule has 0 atom stereocenters. The predicted molar refractivity (Wildman–Crippen MR) is 77.1 cm³/mol. The third kappa shape index (κ3) is 3.36. The van der Waals surface area contributed by atoms with E-state index in [-0.39, 0.29) is 0 Å². The van der Waals surface area contributed by atoms with Gasteiger partial charge in [0.25, 0.3) is 0 Å². The number of halogens is 2. The van der Waals surface area contributed by atoms with E-state index >= 15 is 0 Å². The summed E-state index contributed by atoms with van der Waals surface area (Å²) in [5, 5.41) is 0.408. The van der Waals surface area contributed by atoms with E-state index in [1.165, 1.54) is 0 Å². The molecule has 19 heavy (non-hydrogen) atoms. The molecule has 0 saturated carbocycles. The molecule has 2 rings (SSSR count). The zero-order valence-electron chi connectivity index (χ0n) is 10.5. The molecule has 0 aliphatic carbocycles. The second-order valence-electron chi connectivity index (χ2n) is 3.79. The smallest absolute Gasteiger partial charge is 0.161 e. The lowest BCUT2D eigenvalue weighted by molar-refractivity contribution is 0.354. The summed E-state index contributed by atoms with van der Waals surface area (Å²) in [6, 6.07) is 5.70. The standard InChI is InChI=1S/C13H12BrClN2O2/c1-18-10-4-3-8(5-11(10)19-2)6-12-16-7-9(14)13(15)17-12/h3-5,7H,6H2,1-2H3. The molecule has 0 N–H and O–H groups in total. The first-order valence-electron chi connectivity index (χ1n) is 5.52. The molecule has 100 valence electrons. The summed E-state index contributed by atoms with van der Waals surface area (Å²) in [5.74, 6) is 2.03. The first-order valence-corrected chi connectivity index (χ1v) is 6.69. The molecule has 0 spiro atoms. The Balaban J connectivity index is 2.25. The first kappa shape index (κ1) is 14.1. The number of benzene rings is 1. The second-order valence-corrected chi connectivity index (χ2v) is 5.00. The minimum atomic E-state index is 0.408. The molecular weight excluding hydrogens is 332 g/mol. The highest BCUT2D eigenvalue weighted by molar-refractivity contribution is 9.10. The highest BCUT2D eigenvalue weighted by atomic mass is 79.9. The maximum Gasteiger partial charge on any atom is 0.161 e. The van der Waals surface area contributed by atoms with Gasteiger partial charge in [0, 0.05) is 12.6 Å². The van der Waals surface area contributed by atoms with Crippen molar-refractivity contribution in [2.45, 2.75) is 6.42 Å². The van der Waals surface area contributed by atoms with Gasteiger partial charge in [-0.05, 0) is 33.6 Å². The van der Waals surface area contributed by atoms with Crippen molar-refractivity contribution in [3.05, 3.63) is 45.4 Å². The van der Waals surface area contributed by atoms with Crippen LogP contribution in [0.4, 0.5) is 0 Å². The van der Waals surface area contributed by atoms with E-state index in [4.69, 9.17) is 21.1 Å². The van der Waals surface area contributed by atoms with E-state index in [9.17, 15) is 0 Å². The Morgan fingerprint density at radius 2 is 1.95 bits per heavy atom. The molecule has 6 heteroatoms. The van der Waals surface area contributed by atoms with Gasteiger partial charge < -0.3 is 9.47 Å². The molecule has 0 aliphatic rings. The number of hydrogen-bond acceptors (Lipinski definition) is 4. The van der Waals surface area contributed by atoms with Gasteiger partial charge in [-0.15, -0.1) is 0 Å². The zero-order chi connectivity index (χ0) is 13.8. The molecule has 4 nitrogen and oxygen atoms in total. The average Bonchev–Trinajstić information content (AvgIpc) is 2.43. The molecule has 1 heterocycles. The third-order valence-corrected chi connectivity index (χ3v) is 3.66. The van der Waals surface area contributed by atoms with Gasteiger partial charge in [-0.3, -0.25) is 0 Å². The lowest BCUT2D eigenvalue weighted by atomic mass is 10.1. The lowest BCUT2D eigenvalue weighted by Gasteiger charge is -2.09. The summed E-state index contributed by atoms with van der Waals surface area (Å²) in [6.45, 7) is 0. The van der Waals surface area contributed by atoms with Crippen molar-refractivity contribution in [2.24, 2.45) is 0 Å². The van der Waals surface area contributed by atoms with E-state index < -0.39 is 0 Å². The Morgan fingerprint density at radius 3 is 2.58 bits per heavy atom. The van der Waals surface area contributed by atoms with Crippen molar-refractivity contribution < 1.29 is 9.47 Å². The van der Waals surface area contributed by atoms with Gasteiger partial charge in [-0.2, -0.15) is 0 Å². The molecule has 0 unspecified atom stereocenters. The molecule has 0 radical (unpaired) electrons. The summed E-state index contributed by atoms with van der Waals surface area (Å²) >= 11 is 9.21. The van der Waals surface area contributed by atoms with Crippen LogP contribution >= 0.6 is 27.5 Å². The summed E-state index contributed by atoms with van der Waals surface area (Å²) < 4.78 is 11.1. The number of nitrogens with zero attached hydrogens (tertiary/aromatic N) is 2. The van der Waals surface area contributed by atoms with E-state index in [1.54, 1.807) is 20.4 Å². The SMILES string of the molecule is COc1ccc(Cc2ncc(Br)c(Cl)n2)cc1OC. The maximum absolute atomic E-state index is 5.94. The van der Waals surface area contributed by atoms with Crippen LogP contribution in [0.2, 0.25) is 5.15 Å². The van der Waals surface area contributed by atoms with Gasteiger partial charge in [-0.1, -0.05) is 17.7 Å². The molecule has 0 aliphatic heterocycles. The Kier molecular flexibility index (Phi) is 4.61. The summed E-state index contributed by atoms with van der Waals surface area (Å²) in [6.07, 6.45) is 2.22. The minimum absolute atomic E-state index is 0.408. The average molecular weight is 344 g/mol. The summed E-state index contributed by atoms with van der Waals surface area (Å²) in [7, 11) is 3.21. The minimum Gasteiger partial charge on any atom is -0.493 e. The Bertz CT molecular complexity index is 593. The van der Waals surface area contributed by atoms with Gasteiger partial charge in [0.2, 0.25) is 0 Å². The lowest BCUT2D eigenvalue weighted by Crippen LogP contribution is -1.98. The van der Waals surface area contributed by atoms with Crippen molar-refractivity contribution in [1.82, 2.24) is 9.97 Å². The summed E-state index contributed by atoms with van der Waals surface area (Å²) in [5.41, 5.74) is 1.02. The van der Waals surface area contributed by atoms with Crippen LogP contribution in [0, 0.1) is 0 Å². The van der Waals surface area contributed by atoms with Crippen molar-refractivity contribution in [1.29, 1.82) is 0 Å². The highest BCUT2D eigenvalue weighted by Gasteiger charge is 2.08. The number of rotatable bonds is 4. The number of hydrogen-bond donors (Lipinski definition) is 0. The number of methoxy groups -OCH3 is 2. The topological polar surface area (TPSA) is 44.2 Å². The van der Waals surface area contributed by atoms with Crippen LogP contribution in [-0.2, 0) is 6.42 Å². The van der Waals surface area contributed by atoms with Crippen LogP contribution in [0.3, 0.4) is 0 Å². The Morgan fingerprint density at radius 1 is 1.21 bits per heavy atom. The van der Waals surface area contributed by atoms with Gasteiger partial charge in [-0.25, -0.2) is 9.97 Å². The van der Waals surface area contributed by atoms with Gasteiger partial charge in [0.15, 0.2) is 11.5 Å². The van der Waals surface area contributed by atoms with Crippen LogP contribution < -0.4 is 9.47 Å². The van der Waals surface area contributed by atoms with Gasteiger partial charge >= 0.3 is 0 Å². The van der Waals surface area contributed by atoms with E-state index in [1.807, 2.05) is 18.2 Å². The van der Waals surface area contributed by atoms with E-state index in [0.717, 1.165) is 5.56 Å². The Hall–Kier alpha value is -1.33. The number of aromatic nitrogens is 2. The predicted octanol–water partition coefficient (Wildman–Crippen LogP) is 3.50. The van der Waals surface area contributed by atoms with Crippen LogP contribution in [0.15, 0.2) is 28.9 Å². The highest BCUT2D eigenvalue weighted by Crippen LogP contribution is 2.28. The Labute approximate surface area is 124 Å².